The summed E-state index contributed by atoms with van der Waals surface area (Å²) in [7, 11) is 0. The molecule has 0 radical (unpaired) electrons. The molecule has 1 spiro atoms. The Bertz CT molecular complexity index is 6150. The second-order valence-electron chi connectivity index (χ2n) is 42.5. The highest BCUT2D eigenvalue weighted by molar-refractivity contribution is 6.08. The first-order valence-electron chi connectivity index (χ1n) is 49.7. The molecule has 718 valence electrons. The smallest absolute Gasteiger partial charge is 0.248 e. The van der Waals surface area contributed by atoms with Gasteiger partial charge in [0.2, 0.25) is 23.6 Å². The Balaban J connectivity index is 0.000000147. The van der Waals surface area contributed by atoms with Crippen molar-refractivity contribution < 1.29 is 66.2 Å². The maximum absolute atomic E-state index is 14.9. The van der Waals surface area contributed by atoms with Gasteiger partial charge in [-0.25, -0.2) is 8.78 Å². The second kappa shape index (κ2) is 39.8. The lowest BCUT2D eigenvalue weighted by Crippen LogP contribution is -2.45. The van der Waals surface area contributed by atoms with E-state index in [0.29, 0.717) is 106 Å². The summed E-state index contributed by atoms with van der Waals surface area (Å²) in [5.74, 6) is -3.48. The van der Waals surface area contributed by atoms with Crippen molar-refractivity contribution in [2.75, 3.05) is 26.6 Å². The Labute approximate surface area is 791 Å². The van der Waals surface area contributed by atoms with E-state index in [1.54, 1.807) is 23.8 Å². The molecule has 4 saturated heterocycles. The molecule has 7 aliphatic heterocycles. The Kier molecular flexibility index (Phi) is 28.8. The van der Waals surface area contributed by atoms with Gasteiger partial charge in [-0.2, -0.15) is 15.3 Å². The average molecular weight is 1840 g/mol. The van der Waals surface area contributed by atoms with Gasteiger partial charge in [-0.15, -0.1) is 0 Å². The number of alkyl halides is 2. The number of ketones is 7. The monoisotopic (exact) mass is 1840 g/mol. The molecule has 9 aromatic rings. The molecule has 8 atom stereocenters. The lowest BCUT2D eigenvalue weighted by atomic mass is 9.73. The minimum Gasteiger partial charge on any atom is -0.355 e. The third kappa shape index (κ3) is 21.3. The summed E-state index contributed by atoms with van der Waals surface area (Å²) in [6.07, 6.45) is 20.7. The van der Waals surface area contributed by atoms with Gasteiger partial charge in [0.25, 0.3) is 0 Å². The Morgan fingerprint density at radius 1 is 0.422 bits per heavy atom. The van der Waals surface area contributed by atoms with Gasteiger partial charge in [0.15, 0.2) is 34.7 Å². The number of aryl methyl sites for hydroxylation is 12. The van der Waals surface area contributed by atoms with Crippen LogP contribution in [0.15, 0.2) is 72.8 Å². The van der Waals surface area contributed by atoms with Gasteiger partial charge >= 0.3 is 0 Å². The molecular weight excluding hydrogens is 1710 g/mol. The molecule has 3 aromatic carbocycles. The van der Waals surface area contributed by atoms with Crippen LogP contribution in [0.25, 0.3) is 32.7 Å². The number of halogens is 2. The lowest BCUT2D eigenvalue weighted by molar-refractivity contribution is -0.170. The molecule has 26 heteroatoms. The number of hydrogen-bond acceptors (Lipinski definition) is 18. The molecule has 0 N–H and O–H groups in total. The fraction of sp³-hybridized carbons (Fsp3) is 0.578. The maximum atomic E-state index is 14.9. The van der Waals surface area contributed by atoms with Gasteiger partial charge in [-0.05, 0) is 270 Å². The van der Waals surface area contributed by atoms with Crippen molar-refractivity contribution in [3.8, 4) is 0 Å². The number of rotatable bonds is 12. The molecule has 2 aliphatic carbocycles. The number of Topliss-reactive ketones (excluding diaryl/α,β-unsaturated/α-hetero) is 7. The molecule has 3 amide bonds. The Hall–Kier alpha value is -10.6. The topological polar surface area (TPSA) is 291 Å². The van der Waals surface area contributed by atoms with Crippen molar-refractivity contribution in [2.45, 2.75) is 352 Å². The van der Waals surface area contributed by atoms with Crippen LogP contribution in [0.1, 0.15) is 311 Å². The van der Waals surface area contributed by atoms with E-state index in [2.05, 4.69) is 58.1 Å². The molecule has 9 aliphatic rings. The van der Waals surface area contributed by atoms with E-state index in [0.717, 1.165) is 222 Å². The van der Waals surface area contributed by atoms with Crippen molar-refractivity contribution in [3.63, 3.8) is 0 Å². The van der Waals surface area contributed by atoms with Gasteiger partial charge in [-0.3, -0.25) is 76.9 Å². The molecule has 0 unspecified atom stereocenters. The van der Waals surface area contributed by atoms with E-state index in [4.69, 9.17) is 14.6 Å². The molecule has 24 nitrogen and oxygen atoms in total. The summed E-state index contributed by atoms with van der Waals surface area (Å²) in [6, 6.07) is 22.2. The van der Waals surface area contributed by atoms with Crippen molar-refractivity contribution in [1.82, 2.24) is 59.0 Å². The minimum atomic E-state index is -2.72. The molecule has 13 heterocycles. The highest BCUT2D eigenvalue weighted by Crippen LogP contribution is 2.64. The van der Waals surface area contributed by atoms with Gasteiger partial charge in [0.1, 0.15) is 49.3 Å². The van der Waals surface area contributed by atoms with Crippen LogP contribution in [0.3, 0.4) is 0 Å². The fourth-order valence-electron chi connectivity index (χ4n) is 24.0. The number of pyridine rings is 3. The van der Waals surface area contributed by atoms with E-state index < -0.39 is 24.0 Å². The summed E-state index contributed by atoms with van der Waals surface area (Å²) in [5.41, 5.74) is 16.7. The summed E-state index contributed by atoms with van der Waals surface area (Å²) < 4.78 is 46.6. The largest absolute Gasteiger partial charge is 0.355 e. The second-order valence-corrected chi connectivity index (χ2v) is 42.5. The number of carbonyl (C=O) groups excluding carboxylic acids is 10. The molecule has 6 fully saturated rings. The van der Waals surface area contributed by atoms with Crippen molar-refractivity contribution in [3.05, 3.63) is 174 Å². The van der Waals surface area contributed by atoms with Gasteiger partial charge in [-0.1, -0.05) is 105 Å². The number of benzene rings is 3. The van der Waals surface area contributed by atoms with Gasteiger partial charge in [0, 0.05) is 104 Å². The molecule has 6 bridgehead atoms. The van der Waals surface area contributed by atoms with Crippen LogP contribution in [0.2, 0.25) is 0 Å². The van der Waals surface area contributed by atoms with Gasteiger partial charge < -0.3 is 24.2 Å². The number of hydrogen-bond donors (Lipinski definition) is 0. The predicted octanol–water partition coefficient (Wildman–Crippen LogP) is 18.7. The SMILES string of the molecule is CC(=O)c1nn2c3c(cc(C)cc13)CCCCCC(F)(F)CCC[C@@]13C[C@@H](C(=O)Cc4nc(C)ccc4C)N(C(=O)C2)[C@@H]1C3.CC(=O)c1nn2c3c(cc(C)cc13)CCCCCC1(CCC[C@@]34C[C@@H](C(=O)Cc5nc(C)ccc5C)N(C(=O)C2)[C@@H]3C4)COCOC1.CC(=O)c1nn2c3c(cc(C)cc13)CCCCCCC(=O)CC(C)(C)[C@H]1C[C@@H](C(=O)Cc3nc(C)ccc3C)N(C1)C(=O)C2. The maximum Gasteiger partial charge on any atom is 0.248 e. The van der Waals surface area contributed by atoms with Crippen LogP contribution in [0.4, 0.5) is 8.78 Å². The molecule has 18 rings (SSSR count). The van der Waals surface area contributed by atoms with Crippen LogP contribution in [-0.2, 0) is 101 Å². The van der Waals surface area contributed by atoms with Crippen molar-refractivity contribution in [2.24, 2.45) is 27.6 Å². The number of aromatic nitrogens is 9. The first kappa shape index (κ1) is 97.5. The van der Waals surface area contributed by atoms with Crippen LogP contribution in [-0.4, -0.2) is 180 Å². The molecule has 2 saturated carbocycles. The average Bonchev–Trinajstić information content (AvgIpc) is 1.53. The summed E-state index contributed by atoms with van der Waals surface area (Å²) in [4.78, 5) is 155. The normalized spacial score (nSPS) is 24.5. The summed E-state index contributed by atoms with van der Waals surface area (Å²) in [5, 5.41) is 16.4. The Morgan fingerprint density at radius 2 is 0.785 bits per heavy atom. The number of carbonyl (C=O) groups is 10. The number of amides is 3. The van der Waals surface area contributed by atoms with Crippen LogP contribution in [0, 0.1) is 89.9 Å². The quantitative estimate of drug-likeness (QED) is 0.103. The molecule has 6 aromatic heterocycles. The third-order valence-electron chi connectivity index (χ3n) is 31.4. The molecular formula is C109H136F2N12O12. The fourth-order valence-corrected chi connectivity index (χ4v) is 24.0. The first-order chi connectivity index (χ1) is 64.3. The lowest BCUT2D eigenvalue weighted by Gasteiger charge is -2.37. The van der Waals surface area contributed by atoms with Crippen molar-refractivity contribution >= 4 is 90.9 Å². The van der Waals surface area contributed by atoms with E-state index in [1.165, 1.54) is 20.8 Å². The zero-order valence-corrected chi connectivity index (χ0v) is 81.8. The van der Waals surface area contributed by atoms with E-state index in [9.17, 15) is 56.7 Å². The van der Waals surface area contributed by atoms with E-state index in [1.807, 2.05) is 121 Å². The van der Waals surface area contributed by atoms with Gasteiger partial charge in [0.05, 0.1) is 84.2 Å². The van der Waals surface area contributed by atoms with Crippen LogP contribution < -0.4 is 0 Å². The number of fused-ring (bicyclic) bond motifs is 2. The van der Waals surface area contributed by atoms with Crippen LogP contribution >= 0.6 is 0 Å². The zero-order chi connectivity index (χ0) is 96.1. The summed E-state index contributed by atoms with van der Waals surface area (Å²) in [6.45, 7) is 28.4. The molecule has 135 heavy (non-hydrogen) atoms. The standard InChI is InChI=1S/C38H48N4O5.C36H46N4O4.C35H42F2N4O3/c1-24-15-28-9-6-5-7-12-37(21-46-23-47-22-37)13-8-14-38-18-31(32(44)17-30-25(2)10-11-26(3)39-30)42(33(38)19-38)34(45)20-41-36(28)29(16-24)35(40-41)27(4)43;1-22-15-26-11-9-7-8-10-12-28(42)19-36(5,6)27-17-31(32(43)18-30-23(2)13-14-24(3)37-30)39(20-27)33(44)21-40-35(26)29(16-22)34(38-40)25(4)41;1-21-15-25-9-6-5-7-13-35(36,37)14-8-12-34-18-28(29(43)17-27-22(2)10-11-23(3)38-27)41(30(34)19-34)31(44)20-40-33(25)26(16-21)32(39-40)24(4)42/h10-11,15-16,31,33H,5-9,12-14,17-23H2,1-4H3;13-16,27,31H,7-12,17-21H2,1-6H3;10-11,15-16,28,30H,5-9,12-14,17-20H2,1-4H3/t31-,33+,38-;27-,31-;28-,30+,34-/m000/s1. The zero-order valence-electron chi connectivity index (χ0n) is 81.8. The predicted molar refractivity (Wildman–Crippen MR) is 513 cm³/mol. The number of piperidine rings is 2. The van der Waals surface area contributed by atoms with E-state index >= 15 is 0 Å². The Morgan fingerprint density at radius 3 is 1.20 bits per heavy atom. The third-order valence-corrected chi connectivity index (χ3v) is 31.4. The van der Waals surface area contributed by atoms with Crippen molar-refractivity contribution in [1.29, 1.82) is 0 Å². The number of ether oxygens (including phenoxy) is 2. The minimum absolute atomic E-state index is 0.00745. The number of nitrogens with zero attached hydrogens (tertiary/aromatic N) is 12. The first-order valence-corrected chi connectivity index (χ1v) is 49.7. The summed E-state index contributed by atoms with van der Waals surface area (Å²) >= 11 is 0. The highest BCUT2D eigenvalue weighted by atomic mass is 19.3. The van der Waals surface area contributed by atoms with E-state index in [-0.39, 0.29) is 150 Å². The highest BCUT2D eigenvalue weighted by Gasteiger charge is 2.68. The van der Waals surface area contributed by atoms with Crippen LogP contribution in [0.5, 0.6) is 0 Å².